The Morgan fingerprint density at radius 1 is 0.536 bits per heavy atom. The summed E-state index contributed by atoms with van der Waals surface area (Å²) < 4.78 is 66.5. The monoisotopic (exact) mass is 1030 g/mol. The van der Waals surface area contributed by atoms with Crippen molar-refractivity contribution < 1.29 is 94.3 Å². The third-order valence-electron chi connectivity index (χ3n) is 8.72. The van der Waals surface area contributed by atoms with Crippen molar-refractivity contribution in [1.82, 2.24) is 21.3 Å². The molecule has 0 rings (SSSR count). The SMILES string of the molecule is C/C=C\CCCC(=O)O[C@H](C)CCOC[C@H](COP(=O)(O)OCCNC(=O)CC(=O)NCCOP(=O)(O)OC[C@H](COCC[C@@H](C)OC(=O)CCC/C=C\C)NC(=O)CC(C)=O)NC(=O)CC(C)=O. The van der Waals surface area contributed by atoms with E-state index < -0.39 is 121 Å². The van der Waals surface area contributed by atoms with Crippen LogP contribution in [-0.4, -0.2) is 147 Å². The fraction of sp³-hybridized carbons (Fsp3) is 0.721. The molecule has 0 aromatic heterocycles. The van der Waals surface area contributed by atoms with Crippen LogP contribution in [0.4, 0.5) is 0 Å². The van der Waals surface area contributed by atoms with E-state index in [0.717, 1.165) is 12.8 Å². The van der Waals surface area contributed by atoms with E-state index in [0.29, 0.717) is 25.7 Å². The van der Waals surface area contributed by atoms with Crippen LogP contribution in [0.5, 0.6) is 0 Å². The number of phosphoric ester groups is 2. The number of ketones is 2. The van der Waals surface area contributed by atoms with Gasteiger partial charge in [0.05, 0.1) is 77.8 Å². The van der Waals surface area contributed by atoms with E-state index in [9.17, 15) is 57.3 Å². The molecule has 0 radical (unpaired) electrons. The largest absolute Gasteiger partial charge is 0.472 e. The molecule has 0 aliphatic rings. The van der Waals surface area contributed by atoms with Gasteiger partial charge in [0.2, 0.25) is 23.6 Å². The van der Waals surface area contributed by atoms with E-state index in [1.54, 1.807) is 13.8 Å². The number of hydrogen-bond donors (Lipinski definition) is 6. The highest BCUT2D eigenvalue weighted by molar-refractivity contribution is 7.47. The van der Waals surface area contributed by atoms with Crippen molar-refractivity contribution in [3.05, 3.63) is 24.3 Å². The molecule has 0 fully saturated rings. The minimum Gasteiger partial charge on any atom is -0.463 e. The number of ether oxygens (including phenoxy) is 4. The summed E-state index contributed by atoms with van der Waals surface area (Å²) in [6, 6.07) is -1.98. The Hall–Kier alpha value is -4.22. The molecule has 6 atom stereocenters. The number of carbonyl (C=O) groups excluding carboxylic acids is 8. The van der Waals surface area contributed by atoms with Gasteiger partial charge in [-0.1, -0.05) is 24.3 Å². The van der Waals surface area contributed by atoms with Crippen LogP contribution in [0.3, 0.4) is 0 Å². The molecule has 0 heterocycles. The molecule has 4 amide bonds. The van der Waals surface area contributed by atoms with Gasteiger partial charge < -0.3 is 50.0 Å². The number of amides is 4. The van der Waals surface area contributed by atoms with Gasteiger partial charge in [0.15, 0.2) is 0 Å². The smallest absolute Gasteiger partial charge is 0.463 e. The lowest BCUT2D eigenvalue weighted by atomic mass is 10.2. The highest BCUT2D eigenvalue weighted by atomic mass is 31.2. The molecule has 0 bridgehead atoms. The second-order valence-corrected chi connectivity index (χ2v) is 18.5. The summed E-state index contributed by atoms with van der Waals surface area (Å²) in [5.74, 6) is -4.53. The standard InChI is InChI=1S/C43H74N4O20P2/c1-7-9-11-13-15-42(54)66-34(5)17-21-60-28-36(46-40(52)25-32(3)48)30-64-68(56,57)62-23-19-44-38(50)27-39(51)45-20-24-63-69(58,59)65-31-37(47-41(53)26-33(4)49)29-61-22-18-35(6)67-43(55)16-14-12-10-8-2/h7-10,34-37H,11-31H2,1-6H3,(H,44,50)(H,45,51)(H,46,52)(H,47,53)(H,56,57)(H,58,59)/b9-7-,10-8-/t34-,35-,36-,37+/m1/s1. The molecule has 2 unspecified atom stereocenters. The Labute approximate surface area is 404 Å². The maximum absolute atomic E-state index is 12.5. The van der Waals surface area contributed by atoms with Crippen molar-refractivity contribution in [2.45, 2.75) is 136 Å². The summed E-state index contributed by atoms with van der Waals surface area (Å²) in [6.45, 7) is 6.50. The van der Waals surface area contributed by atoms with E-state index in [1.807, 2.05) is 38.2 Å². The third kappa shape index (κ3) is 40.2. The van der Waals surface area contributed by atoms with Gasteiger partial charge in [-0.3, -0.25) is 56.5 Å². The molecular formula is C43H74N4O20P2. The molecule has 0 saturated heterocycles. The van der Waals surface area contributed by atoms with Crippen LogP contribution in [0.2, 0.25) is 0 Å². The maximum atomic E-state index is 12.5. The Kier molecular flexibility index (Phi) is 36.2. The molecule has 0 aliphatic carbocycles. The van der Waals surface area contributed by atoms with Gasteiger partial charge in [-0.2, -0.15) is 0 Å². The van der Waals surface area contributed by atoms with E-state index in [2.05, 4.69) is 21.3 Å². The van der Waals surface area contributed by atoms with Gasteiger partial charge in [0.1, 0.15) is 30.2 Å². The molecule has 6 N–H and O–H groups in total. The first-order valence-corrected chi connectivity index (χ1v) is 25.7. The molecule has 0 saturated carbocycles. The minimum atomic E-state index is -4.75. The van der Waals surface area contributed by atoms with Crippen LogP contribution in [0.25, 0.3) is 0 Å². The average Bonchev–Trinajstić information content (AvgIpc) is 3.24. The number of hydrogen-bond acceptors (Lipinski definition) is 18. The van der Waals surface area contributed by atoms with Crippen molar-refractivity contribution in [2.24, 2.45) is 0 Å². The van der Waals surface area contributed by atoms with Crippen molar-refractivity contribution in [3.8, 4) is 0 Å². The highest BCUT2D eigenvalue weighted by Crippen LogP contribution is 2.43. The van der Waals surface area contributed by atoms with Gasteiger partial charge >= 0.3 is 27.6 Å². The lowest BCUT2D eigenvalue weighted by molar-refractivity contribution is -0.150. The van der Waals surface area contributed by atoms with Crippen LogP contribution >= 0.6 is 15.6 Å². The van der Waals surface area contributed by atoms with E-state index in [4.69, 9.17) is 37.0 Å². The number of nitrogens with one attached hydrogen (secondary N) is 4. The lowest BCUT2D eigenvalue weighted by Crippen LogP contribution is -2.42. The van der Waals surface area contributed by atoms with Crippen LogP contribution in [0, 0.1) is 0 Å². The number of esters is 2. The third-order valence-corrected chi connectivity index (χ3v) is 10.7. The topological polar surface area (TPSA) is 333 Å². The molecule has 0 aromatic rings. The first-order chi connectivity index (χ1) is 32.6. The molecule has 0 aliphatic heterocycles. The normalized spacial score (nSPS) is 15.0. The molecule has 69 heavy (non-hydrogen) atoms. The first kappa shape index (κ1) is 64.8. The molecule has 0 spiro atoms. The fourth-order valence-electron chi connectivity index (χ4n) is 5.39. The number of phosphoric acid groups is 2. The zero-order chi connectivity index (χ0) is 52.1. The summed E-state index contributed by atoms with van der Waals surface area (Å²) >= 11 is 0. The van der Waals surface area contributed by atoms with Crippen LogP contribution in [0.1, 0.15) is 112 Å². The van der Waals surface area contributed by atoms with Gasteiger partial charge in [-0.05, 0) is 67.2 Å². The van der Waals surface area contributed by atoms with E-state index >= 15 is 0 Å². The van der Waals surface area contributed by atoms with Crippen molar-refractivity contribution >= 4 is 62.8 Å². The predicted molar refractivity (Wildman–Crippen MR) is 248 cm³/mol. The average molecular weight is 1030 g/mol. The summed E-state index contributed by atoms with van der Waals surface area (Å²) in [4.78, 5) is 116. The molecular weight excluding hydrogens is 954 g/mol. The Morgan fingerprint density at radius 3 is 1.26 bits per heavy atom. The van der Waals surface area contributed by atoms with Crippen LogP contribution < -0.4 is 21.3 Å². The molecule has 26 heteroatoms. The van der Waals surface area contributed by atoms with Crippen LogP contribution in [0.15, 0.2) is 24.3 Å². The predicted octanol–water partition coefficient (Wildman–Crippen LogP) is 2.97. The van der Waals surface area contributed by atoms with Gasteiger partial charge in [-0.15, -0.1) is 0 Å². The second-order valence-electron chi connectivity index (χ2n) is 15.6. The Morgan fingerprint density at radius 2 is 0.913 bits per heavy atom. The van der Waals surface area contributed by atoms with Crippen molar-refractivity contribution in [3.63, 3.8) is 0 Å². The van der Waals surface area contributed by atoms with Crippen molar-refractivity contribution in [2.75, 3.05) is 65.9 Å². The lowest BCUT2D eigenvalue weighted by Gasteiger charge is -2.21. The number of rotatable bonds is 42. The van der Waals surface area contributed by atoms with Gasteiger partial charge in [-0.25, -0.2) is 9.13 Å². The summed E-state index contributed by atoms with van der Waals surface area (Å²) in [6.07, 6.45) is 9.13. The molecule has 24 nitrogen and oxygen atoms in total. The number of carbonyl (C=O) groups is 8. The van der Waals surface area contributed by atoms with Crippen LogP contribution in [-0.2, 0) is 84.5 Å². The molecule has 396 valence electrons. The summed E-state index contributed by atoms with van der Waals surface area (Å²) in [5.41, 5.74) is 0. The number of unbranched alkanes of at least 4 members (excludes halogenated alkanes) is 2. The minimum absolute atomic E-state index is 0.0964. The van der Waals surface area contributed by atoms with Crippen molar-refractivity contribution in [1.29, 1.82) is 0 Å². The van der Waals surface area contributed by atoms with E-state index in [-0.39, 0.29) is 64.3 Å². The molecule has 0 aromatic carbocycles. The fourth-order valence-corrected chi connectivity index (χ4v) is 6.91. The second kappa shape index (κ2) is 38.5. The highest BCUT2D eigenvalue weighted by Gasteiger charge is 2.27. The summed E-state index contributed by atoms with van der Waals surface area (Å²) in [5, 5.41) is 9.56. The first-order valence-electron chi connectivity index (χ1n) is 22.7. The van der Waals surface area contributed by atoms with Gasteiger partial charge in [0.25, 0.3) is 0 Å². The Bertz CT molecular complexity index is 1630. The quantitative estimate of drug-likeness (QED) is 0.0168. The Balaban J connectivity index is 4.72. The zero-order valence-corrected chi connectivity index (χ0v) is 42.4. The van der Waals surface area contributed by atoms with Gasteiger partial charge in [0, 0.05) is 38.8 Å². The zero-order valence-electron chi connectivity index (χ0n) is 40.6. The summed E-state index contributed by atoms with van der Waals surface area (Å²) in [7, 11) is -9.50. The number of allylic oxidation sites excluding steroid dienone is 4. The maximum Gasteiger partial charge on any atom is 0.472 e. The van der Waals surface area contributed by atoms with E-state index in [1.165, 1.54) is 13.8 Å². The number of Topliss-reactive ketones (excluding diaryl/α,β-unsaturated/α-hetero) is 2.